The number of anilines is 1. The molecule has 0 fully saturated rings. The Kier molecular flexibility index (Phi) is 5.55. The van der Waals surface area contributed by atoms with Gasteiger partial charge in [0.25, 0.3) is 0 Å². The Morgan fingerprint density at radius 1 is 1.09 bits per heavy atom. The van der Waals surface area contributed by atoms with E-state index in [-0.39, 0.29) is 11.9 Å². The average Bonchev–Trinajstić information content (AvgIpc) is 2.49. The van der Waals surface area contributed by atoms with Gasteiger partial charge in [-0.3, -0.25) is 4.79 Å². The van der Waals surface area contributed by atoms with Gasteiger partial charge in [0.15, 0.2) is 0 Å². The van der Waals surface area contributed by atoms with Crippen molar-refractivity contribution >= 4 is 11.6 Å². The molecule has 1 atom stereocenters. The van der Waals surface area contributed by atoms with Crippen molar-refractivity contribution in [3.05, 3.63) is 54.1 Å². The molecule has 0 aliphatic carbocycles. The van der Waals surface area contributed by atoms with Crippen LogP contribution in [0.2, 0.25) is 0 Å². The Balaban J connectivity index is 1.90. The van der Waals surface area contributed by atoms with Crippen molar-refractivity contribution in [1.29, 1.82) is 0 Å². The Labute approximate surface area is 131 Å². The fourth-order valence-electron chi connectivity index (χ4n) is 1.93. The standard InChI is InChI=1S/C18H22N2O2/c1-13-3-8-16(9-4-13)22-17-10-6-15(7-11-17)20-18(21)12-5-14(2)19/h3-4,6-11,14H,5,12,19H2,1-2H3,(H,20,21). The van der Waals surface area contributed by atoms with Crippen LogP contribution in [0.15, 0.2) is 48.5 Å². The van der Waals surface area contributed by atoms with Gasteiger partial charge in [0.2, 0.25) is 5.91 Å². The highest BCUT2D eigenvalue weighted by molar-refractivity contribution is 5.90. The van der Waals surface area contributed by atoms with Gasteiger partial charge in [-0.25, -0.2) is 0 Å². The van der Waals surface area contributed by atoms with Crippen LogP contribution in [0, 0.1) is 6.92 Å². The number of amides is 1. The maximum atomic E-state index is 11.7. The number of benzene rings is 2. The van der Waals surface area contributed by atoms with E-state index >= 15 is 0 Å². The van der Waals surface area contributed by atoms with Crippen molar-refractivity contribution in [1.82, 2.24) is 0 Å². The van der Waals surface area contributed by atoms with E-state index in [9.17, 15) is 4.79 Å². The van der Waals surface area contributed by atoms with E-state index in [2.05, 4.69) is 5.32 Å². The summed E-state index contributed by atoms with van der Waals surface area (Å²) in [6.45, 7) is 3.93. The summed E-state index contributed by atoms with van der Waals surface area (Å²) in [6.07, 6.45) is 1.11. The number of nitrogens with two attached hydrogens (primary N) is 1. The summed E-state index contributed by atoms with van der Waals surface area (Å²) >= 11 is 0. The summed E-state index contributed by atoms with van der Waals surface area (Å²) in [6, 6.07) is 15.2. The van der Waals surface area contributed by atoms with Crippen LogP contribution in [0.4, 0.5) is 5.69 Å². The first-order valence-electron chi connectivity index (χ1n) is 7.43. The molecular formula is C18H22N2O2. The normalized spacial score (nSPS) is 11.8. The number of carbonyl (C=O) groups is 1. The molecule has 0 radical (unpaired) electrons. The maximum Gasteiger partial charge on any atom is 0.224 e. The molecule has 0 saturated heterocycles. The zero-order valence-electron chi connectivity index (χ0n) is 13.0. The summed E-state index contributed by atoms with van der Waals surface area (Å²) in [7, 11) is 0. The fourth-order valence-corrected chi connectivity index (χ4v) is 1.93. The van der Waals surface area contributed by atoms with E-state index in [4.69, 9.17) is 10.5 Å². The maximum absolute atomic E-state index is 11.7. The second kappa shape index (κ2) is 7.61. The summed E-state index contributed by atoms with van der Waals surface area (Å²) in [5.74, 6) is 1.50. The van der Waals surface area contributed by atoms with Gasteiger partial charge < -0.3 is 15.8 Å². The molecule has 116 valence electrons. The fraction of sp³-hybridized carbons (Fsp3) is 0.278. The molecule has 2 aromatic rings. The topological polar surface area (TPSA) is 64.3 Å². The van der Waals surface area contributed by atoms with Crippen molar-refractivity contribution in [2.24, 2.45) is 5.73 Å². The lowest BCUT2D eigenvalue weighted by atomic mass is 10.2. The van der Waals surface area contributed by atoms with Gasteiger partial charge in [0.1, 0.15) is 11.5 Å². The SMILES string of the molecule is Cc1ccc(Oc2ccc(NC(=O)CCC(C)N)cc2)cc1. The molecule has 1 unspecified atom stereocenters. The summed E-state index contributed by atoms with van der Waals surface area (Å²) in [5.41, 5.74) is 7.59. The van der Waals surface area contributed by atoms with Crippen LogP contribution >= 0.6 is 0 Å². The average molecular weight is 298 g/mol. The van der Waals surface area contributed by atoms with Gasteiger partial charge >= 0.3 is 0 Å². The van der Waals surface area contributed by atoms with Crippen molar-refractivity contribution in [2.75, 3.05) is 5.32 Å². The van der Waals surface area contributed by atoms with Crippen molar-refractivity contribution < 1.29 is 9.53 Å². The highest BCUT2D eigenvalue weighted by atomic mass is 16.5. The number of aryl methyl sites for hydroxylation is 1. The number of carbonyl (C=O) groups excluding carboxylic acids is 1. The Morgan fingerprint density at radius 2 is 1.64 bits per heavy atom. The van der Waals surface area contributed by atoms with Crippen molar-refractivity contribution in [3.8, 4) is 11.5 Å². The molecule has 2 rings (SSSR count). The lowest BCUT2D eigenvalue weighted by Crippen LogP contribution is -2.19. The Morgan fingerprint density at radius 3 is 2.18 bits per heavy atom. The minimum Gasteiger partial charge on any atom is -0.457 e. The third-order valence-electron chi connectivity index (χ3n) is 3.22. The number of ether oxygens (including phenoxy) is 1. The molecule has 22 heavy (non-hydrogen) atoms. The second-order valence-electron chi connectivity index (χ2n) is 5.50. The van der Waals surface area contributed by atoms with Gasteiger partial charge in [-0.2, -0.15) is 0 Å². The number of hydrogen-bond acceptors (Lipinski definition) is 3. The van der Waals surface area contributed by atoms with Crippen LogP contribution in [0.3, 0.4) is 0 Å². The van der Waals surface area contributed by atoms with Crippen LogP contribution < -0.4 is 15.8 Å². The first kappa shape index (κ1) is 16.0. The van der Waals surface area contributed by atoms with Crippen LogP contribution in [-0.4, -0.2) is 11.9 Å². The quantitative estimate of drug-likeness (QED) is 0.851. The molecule has 0 bridgehead atoms. The van der Waals surface area contributed by atoms with Crippen molar-refractivity contribution in [3.63, 3.8) is 0 Å². The van der Waals surface area contributed by atoms with E-state index in [0.717, 1.165) is 17.2 Å². The van der Waals surface area contributed by atoms with Crippen LogP contribution in [0.25, 0.3) is 0 Å². The minimum atomic E-state index is -0.0236. The molecule has 0 aliphatic heterocycles. The first-order valence-corrected chi connectivity index (χ1v) is 7.43. The highest BCUT2D eigenvalue weighted by Gasteiger charge is 2.04. The highest BCUT2D eigenvalue weighted by Crippen LogP contribution is 2.23. The third kappa shape index (κ3) is 5.22. The molecule has 1 amide bonds. The summed E-state index contributed by atoms with van der Waals surface area (Å²) < 4.78 is 5.74. The smallest absolute Gasteiger partial charge is 0.224 e. The van der Waals surface area contributed by atoms with Gasteiger partial charge in [-0.05, 0) is 56.7 Å². The molecule has 2 aromatic carbocycles. The Hall–Kier alpha value is -2.33. The zero-order chi connectivity index (χ0) is 15.9. The van der Waals surface area contributed by atoms with E-state index in [1.807, 2.05) is 62.4 Å². The molecule has 4 heteroatoms. The molecule has 0 saturated carbocycles. The number of nitrogens with one attached hydrogen (secondary N) is 1. The molecule has 3 N–H and O–H groups in total. The van der Waals surface area contributed by atoms with E-state index in [1.54, 1.807) is 0 Å². The molecular weight excluding hydrogens is 276 g/mol. The first-order chi connectivity index (χ1) is 10.5. The van der Waals surface area contributed by atoms with E-state index < -0.39 is 0 Å². The minimum absolute atomic E-state index is 0.0236. The predicted molar refractivity (Wildman–Crippen MR) is 89.2 cm³/mol. The zero-order valence-corrected chi connectivity index (χ0v) is 13.0. The summed E-state index contributed by atoms with van der Waals surface area (Å²) in [4.78, 5) is 11.7. The van der Waals surface area contributed by atoms with Crippen molar-refractivity contribution in [2.45, 2.75) is 32.7 Å². The number of hydrogen-bond donors (Lipinski definition) is 2. The largest absolute Gasteiger partial charge is 0.457 e. The molecule has 0 aromatic heterocycles. The monoisotopic (exact) mass is 298 g/mol. The summed E-state index contributed by atoms with van der Waals surface area (Å²) in [5, 5.41) is 2.85. The van der Waals surface area contributed by atoms with Gasteiger partial charge in [0.05, 0.1) is 0 Å². The lowest BCUT2D eigenvalue weighted by Gasteiger charge is -2.09. The molecule has 0 aliphatic rings. The predicted octanol–water partition coefficient (Wildman–Crippen LogP) is 3.85. The third-order valence-corrected chi connectivity index (χ3v) is 3.22. The Bertz CT molecular complexity index is 604. The van der Waals surface area contributed by atoms with Crippen LogP contribution in [0.5, 0.6) is 11.5 Å². The van der Waals surface area contributed by atoms with Crippen LogP contribution in [0.1, 0.15) is 25.3 Å². The van der Waals surface area contributed by atoms with E-state index in [1.165, 1.54) is 5.56 Å². The van der Waals surface area contributed by atoms with Gasteiger partial charge in [-0.15, -0.1) is 0 Å². The lowest BCUT2D eigenvalue weighted by molar-refractivity contribution is -0.116. The molecule has 0 spiro atoms. The van der Waals surface area contributed by atoms with Gasteiger partial charge in [-0.1, -0.05) is 17.7 Å². The second-order valence-corrected chi connectivity index (χ2v) is 5.50. The van der Waals surface area contributed by atoms with Crippen LogP contribution in [-0.2, 0) is 4.79 Å². The van der Waals surface area contributed by atoms with E-state index in [0.29, 0.717) is 12.8 Å². The number of rotatable bonds is 6. The van der Waals surface area contributed by atoms with Gasteiger partial charge in [0, 0.05) is 18.2 Å². The molecule has 0 heterocycles. The molecule has 4 nitrogen and oxygen atoms in total.